The Morgan fingerprint density at radius 2 is 1.85 bits per heavy atom. The fourth-order valence-electron chi connectivity index (χ4n) is 2.55. The molecule has 0 atom stereocenters. The van der Waals surface area contributed by atoms with Crippen molar-refractivity contribution in [1.82, 2.24) is 4.57 Å². The number of pyridine rings is 1. The summed E-state index contributed by atoms with van der Waals surface area (Å²) < 4.78 is 1.68. The summed E-state index contributed by atoms with van der Waals surface area (Å²) in [5.41, 5.74) is 1.34. The Kier molecular flexibility index (Phi) is 3.61. The van der Waals surface area contributed by atoms with Crippen LogP contribution in [0, 0.1) is 13.8 Å². The first-order valence-corrected chi connectivity index (χ1v) is 6.72. The van der Waals surface area contributed by atoms with Gasteiger partial charge in [-0.3, -0.25) is 4.79 Å². The maximum Gasteiger partial charge on any atom is 0.352 e. The molecule has 0 radical (unpaired) electrons. The van der Waals surface area contributed by atoms with Gasteiger partial charge in [0.2, 0.25) is 0 Å². The zero-order valence-electron chi connectivity index (χ0n) is 11.8. The lowest BCUT2D eigenvalue weighted by atomic mass is 10.0. The molecule has 0 bridgehead atoms. The van der Waals surface area contributed by atoms with Crippen LogP contribution in [0.5, 0.6) is 0 Å². The molecule has 0 aliphatic rings. The average Bonchev–Trinajstić information content (AvgIpc) is 2.36. The number of aryl methyl sites for hydroxylation is 1. The predicted molar refractivity (Wildman–Crippen MR) is 80.0 cm³/mol. The van der Waals surface area contributed by atoms with Crippen molar-refractivity contribution in [2.45, 2.75) is 33.7 Å². The average molecular weight is 294 g/mol. The summed E-state index contributed by atoms with van der Waals surface area (Å²) in [4.78, 5) is 23.9. The van der Waals surface area contributed by atoms with Gasteiger partial charge in [0, 0.05) is 22.0 Å². The summed E-state index contributed by atoms with van der Waals surface area (Å²) in [5, 5.41) is 10.5. The van der Waals surface area contributed by atoms with E-state index in [1.165, 1.54) is 0 Å². The topological polar surface area (TPSA) is 59.3 Å². The second kappa shape index (κ2) is 4.94. The van der Waals surface area contributed by atoms with Gasteiger partial charge >= 0.3 is 5.97 Å². The van der Waals surface area contributed by atoms with Crippen molar-refractivity contribution in [3.63, 3.8) is 0 Å². The number of carbonyl (C=O) groups is 1. The highest BCUT2D eigenvalue weighted by molar-refractivity contribution is 6.32. The maximum absolute atomic E-state index is 12.4. The highest BCUT2D eigenvalue weighted by Crippen LogP contribution is 2.28. The third-order valence-corrected chi connectivity index (χ3v) is 3.92. The van der Waals surface area contributed by atoms with Gasteiger partial charge in [0.25, 0.3) is 0 Å². The number of benzene rings is 1. The molecule has 0 saturated carbocycles. The van der Waals surface area contributed by atoms with Crippen LogP contribution in [0.2, 0.25) is 5.02 Å². The SMILES string of the molecule is Cc1c(C(=O)O)n(C(C)C)c2c(C)c(Cl)ccc2c1=O. The van der Waals surface area contributed by atoms with E-state index in [9.17, 15) is 14.7 Å². The number of rotatable bonds is 2. The van der Waals surface area contributed by atoms with Gasteiger partial charge in [-0.2, -0.15) is 0 Å². The quantitative estimate of drug-likeness (QED) is 0.921. The second-order valence-corrected chi connectivity index (χ2v) is 5.55. The monoisotopic (exact) mass is 293 g/mol. The summed E-state index contributed by atoms with van der Waals surface area (Å²) in [6, 6.07) is 3.23. The first kappa shape index (κ1) is 14.6. The van der Waals surface area contributed by atoms with E-state index in [-0.39, 0.29) is 22.7 Å². The summed E-state index contributed by atoms with van der Waals surface area (Å²) in [6.45, 7) is 7.12. The van der Waals surface area contributed by atoms with Crippen molar-refractivity contribution in [3.8, 4) is 0 Å². The van der Waals surface area contributed by atoms with E-state index < -0.39 is 5.97 Å². The molecule has 0 aliphatic heterocycles. The van der Waals surface area contributed by atoms with Gasteiger partial charge in [-0.1, -0.05) is 11.6 Å². The summed E-state index contributed by atoms with van der Waals surface area (Å²) >= 11 is 6.13. The highest BCUT2D eigenvalue weighted by atomic mass is 35.5. The fraction of sp³-hybridized carbons (Fsp3) is 0.333. The van der Waals surface area contributed by atoms with E-state index in [2.05, 4.69) is 0 Å². The summed E-state index contributed by atoms with van der Waals surface area (Å²) in [6.07, 6.45) is 0. The number of nitrogens with zero attached hydrogens (tertiary/aromatic N) is 1. The molecule has 1 aromatic carbocycles. The molecule has 2 rings (SSSR count). The van der Waals surface area contributed by atoms with Crippen molar-refractivity contribution < 1.29 is 9.90 Å². The first-order chi connectivity index (χ1) is 9.27. The molecule has 1 aromatic heterocycles. The van der Waals surface area contributed by atoms with E-state index in [1.807, 2.05) is 13.8 Å². The van der Waals surface area contributed by atoms with E-state index in [1.54, 1.807) is 30.5 Å². The largest absolute Gasteiger partial charge is 0.477 e. The van der Waals surface area contributed by atoms with Crippen LogP contribution in [0.1, 0.15) is 41.5 Å². The van der Waals surface area contributed by atoms with Gasteiger partial charge in [0.05, 0.1) is 5.52 Å². The molecule has 1 heterocycles. The molecule has 2 aromatic rings. The van der Waals surface area contributed by atoms with Gasteiger partial charge in [-0.15, -0.1) is 0 Å². The fourth-order valence-corrected chi connectivity index (χ4v) is 2.70. The van der Waals surface area contributed by atoms with E-state index in [0.29, 0.717) is 15.9 Å². The molecule has 0 saturated heterocycles. The zero-order valence-corrected chi connectivity index (χ0v) is 12.6. The molecule has 0 fully saturated rings. The van der Waals surface area contributed by atoms with Crippen LogP contribution in [0.3, 0.4) is 0 Å². The van der Waals surface area contributed by atoms with Crippen LogP contribution >= 0.6 is 11.6 Å². The number of carboxylic acid groups (broad SMARTS) is 1. The first-order valence-electron chi connectivity index (χ1n) is 6.34. The third-order valence-electron chi connectivity index (χ3n) is 3.51. The van der Waals surface area contributed by atoms with Crippen molar-refractivity contribution in [1.29, 1.82) is 0 Å². The number of aromatic carboxylic acids is 1. The lowest BCUT2D eigenvalue weighted by Crippen LogP contribution is -2.24. The molecule has 4 nitrogen and oxygen atoms in total. The number of carboxylic acids is 1. The Morgan fingerprint density at radius 3 is 2.35 bits per heavy atom. The van der Waals surface area contributed by atoms with Gasteiger partial charge in [-0.25, -0.2) is 4.79 Å². The number of hydrogen-bond donors (Lipinski definition) is 1. The Morgan fingerprint density at radius 1 is 1.25 bits per heavy atom. The Hall–Kier alpha value is -1.81. The lowest BCUT2D eigenvalue weighted by molar-refractivity contribution is 0.0682. The smallest absolute Gasteiger partial charge is 0.352 e. The minimum absolute atomic E-state index is 0.0304. The van der Waals surface area contributed by atoms with Crippen LogP contribution in [0.4, 0.5) is 0 Å². The maximum atomic E-state index is 12.4. The molecule has 1 N–H and O–H groups in total. The lowest BCUT2D eigenvalue weighted by Gasteiger charge is -2.21. The van der Waals surface area contributed by atoms with Gasteiger partial charge < -0.3 is 9.67 Å². The molecular formula is C15H16ClNO3. The van der Waals surface area contributed by atoms with E-state index in [0.717, 1.165) is 5.56 Å². The Labute approximate surface area is 121 Å². The van der Waals surface area contributed by atoms with Crippen LogP contribution in [-0.4, -0.2) is 15.6 Å². The van der Waals surface area contributed by atoms with Crippen molar-refractivity contribution in [2.24, 2.45) is 0 Å². The van der Waals surface area contributed by atoms with Crippen LogP contribution < -0.4 is 5.43 Å². The van der Waals surface area contributed by atoms with Crippen molar-refractivity contribution in [2.75, 3.05) is 0 Å². The van der Waals surface area contributed by atoms with Crippen molar-refractivity contribution in [3.05, 3.63) is 44.2 Å². The Bertz CT molecular complexity index is 775. The van der Waals surface area contributed by atoms with Gasteiger partial charge in [0.1, 0.15) is 5.69 Å². The molecular weight excluding hydrogens is 278 g/mol. The Balaban J connectivity index is 3.20. The van der Waals surface area contributed by atoms with Gasteiger partial charge in [-0.05, 0) is 45.4 Å². The molecule has 5 heteroatoms. The molecule has 0 spiro atoms. The van der Waals surface area contributed by atoms with Gasteiger partial charge in [0.15, 0.2) is 5.43 Å². The molecule has 0 amide bonds. The van der Waals surface area contributed by atoms with Crippen LogP contribution in [0.25, 0.3) is 10.9 Å². The number of hydrogen-bond acceptors (Lipinski definition) is 2. The third kappa shape index (κ3) is 2.00. The number of fused-ring (bicyclic) bond motifs is 1. The number of halogens is 1. The van der Waals surface area contributed by atoms with Crippen LogP contribution in [-0.2, 0) is 0 Å². The molecule has 20 heavy (non-hydrogen) atoms. The van der Waals surface area contributed by atoms with E-state index in [4.69, 9.17) is 11.6 Å². The minimum atomic E-state index is -1.10. The van der Waals surface area contributed by atoms with Crippen molar-refractivity contribution >= 4 is 28.5 Å². The molecule has 0 aliphatic carbocycles. The predicted octanol–water partition coefficient (Wildman–Crippen LogP) is 3.55. The summed E-state index contributed by atoms with van der Waals surface area (Å²) in [7, 11) is 0. The zero-order chi connectivity index (χ0) is 15.2. The van der Waals surface area contributed by atoms with E-state index >= 15 is 0 Å². The number of aromatic nitrogens is 1. The summed E-state index contributed by atoms with van der Waals surface area (Å²) in [5.74, 6) is -1.10. The minimum Gasteiger partial charge on any atom is -0.477 e. The molecule has 106 valence electrons. The van der Waals surface area contributed by atoms with Crippen LogP contribution in [0.15, 0.2) is 16.9 Å². The molecule has 0 unspecified atom stereocenters. The second-order valence-electron chi connectivity index (χ2n) is 5.14. The normalized spacial score (nSPS) is 11.3. The highest BCUT2D eigenvalue weighted by Gasteiger charge is 2.22. The standard InChI is InChI=1S/C15H16ClNO3/c1-7(2)17-12-8(3)11(16)6-5-10(12)14(18)9(4)13(17)15(19)20/h5-7H,1-4H3,(H,19,20).